The zero-order chi connectivity index (χ0) is 20.4. The maximum Gasteiger partial charge on any atom is 0.257 e. The van der Waals surface area contributed by atoms with Crippen molar-refractivity contribution >= 4 is 40.7 Å². The lowest BCUT2D eigenvalue weighted by Gasteiger charge is -2.28. The van der Waals surface area contributed by atoms with Crippen molar-refractivity contribution in [3.05, 3.63) is 58.1 Å². The van der Waals surface area contributed by atoms with Crippen molar-refractivity contribution in [2.45, 2.75) is 33.2 Å². The average Bonchev–Trinajstić information content (AvgIpc) is 2.74. The van der Waals surface area contributed by atoms with Crippen LogP contribution in [0.4, 0.5) is 11.4 Å². The van der Waals surface area contributed by atoms with Crippen molar-refractivity contribution in [3.63, 3.8) is 0 Å². The Morgan fingerprint density at radius 2 is 1.86 bits per heavy atom. The summed E-state index contributed by atoms with van der Waals surface area (Å²) in [6.45, 7) is 5.91. The number of amides is 3. The maximum absolute atomic E-state index is 13.1. The number of anilines is 2. The van der Waals surface area contributed by atoms with Crippen LogP contribution in [0.1, 0.15) is 34.8 Å². The summed E-state index contributed by atoms with van der Waals surface area (Å²) in [6, 6.07) is 9.04. The van der Waals surface area contributed by atoms with E-state index in [-0.39, 0.29) is 12.1 Å². The van der Waals surface area contributed by atoms with Crippen molar-refractivity contribution in [1.82, 2.24) is 4.90 Å². The Labute approximate surface area is 168 Å². The molecule has 3 rings (SSSR count). The second kappa shape index (κ2) is 8.02. The van der Waals surface area contributed by atoms with Crippen LogP contribution < -0.4 is 10.6 Å². The fourth-order valence-electron chi connectivity index (χ4n) is 3.35. The standard InChI is InChI=1S/C21H22ClN3O3/c1-4-10-25-18(20(27)24-17-12(2)6-5-7-13(17)3)19(26)23-16-9-8-14(22)11-15(16)21(25)28/h5-9,11,18H,4,10H2,1-3H3,(H,23,26)(H,24,27). The molecule has 2 N–H and O–H groups in total. The van der Waals surface area contributed by atoms with Crippen molar-refractivity contribution in [1.29, 1.82) is 0 Å². The number of para-hydroxylation sites is 1. The number of aryl methyl sites for hydroxylation is 2. The summed E-state index contributed by atoms with van der Waals surface area (Å²) in [5.74, 6) is -1.50. The van der Waals surface area contributed by atoms with E-state index in [0.29, 0.717) is 22.8 Å². The quantitative estimate of drug-likeness (QED) is 0.768. The van der Waals surface area contributed by atoms with Crippen molar-refractivity contribution in [2.24, 2.45) is 0 Å². The predicted molar refractivity (Wildman–Crippen MR) is 110 cm³/mol. The third kappa shape index (κ3) is 3.73. The fraction of sp³-hybridized carbons (Fsp3) is 0.286. The molecule has 1 aliphatic rings. The second-order valence-electron chi connectivity index (χ2n) is 6.84. The molecule has 2 aromatic carbocycles. The number of rotatable bonds is 4. The van der Waals surface area contributed by atoms with Gasteiger partial charge in [0, 0.05) is 17.3 Å². The van der Waals surface area contributed by atoms with Crippen molar-refractivity contribution < 1.29 is 14.4 Å². The van der Waals surface area contributed by atoms with Gasteiger partial charge < -0.3 is 15.5 Å². The number of benzene rings is 2. The molecule has 0 saturated carbocycles. The van der Waals surface area contributed by atoms with Gasteiger partial charge in [0.05, 0.1) is 11.3 Å². The highest BCUT2D eigenvalue weighted by molar-refractivity contribution is 6.31. The molecule has 0 aromatic heterocycles. The first-order valence-corrected chi connectivity index (χ1v) is 9.49. The Kier molecular flexibility index (Phi) is 5.70. The molecule has 0 saturated heterocycles. The lowest BCUT2D eigenvalue weighted by atomic mass is 10.1. The molecule has 0 spiro atoms. The Morgan fingerprint density at radius 1 is 1.18 bits per heavy atom. The summed E-state index contributed by atoms with van der Waals surface area (Å²) in [6.07, 6.45) is 0.599. The van der Waals surface area contributed by atoms with E-state index in [4.69, 9.17) is 11.6 Å². The van der Waals surface area contributed by atoms with Gasteiger partial charge >= 0.3 is 0 Å². The summed E-state index contributed by atoms with van der Waals surface area (Å²) in [4.78, 5) is 40.4. The van der Waals surface area contributed by atoms with Crippen LogP contribution in [0.25, 0.3) is 0 Å². The van der Waals surface area contributed by atoms with Crippen LogP contribution in [0.15, 0.2) is 36.4 Å². The molecular weight excluding hydrogens is 378 g/mol. The Morgan fingerprint density at radius 3 is 2.50 bits per heavy atom. The second-order valence-corrected chi connectivity index (χ2v) is 7.27. The van der Waals surface area contributed by atoms with E-state index < -0.39 is 23.8 Å². The van der Waals surface area contributed by atoms with Gasteiger partial charge in [-0.3, -0.25) is 14.4 Å². The summed E-state index contributed by atoms with van der Waals surface area (Å²) in [5.41, 5.74) is 3.03. The first-order valence-electron chi connectivity index (χ1n) is 9.12. The molecule has 0 radical (unpaired) electrons. The Bertz CT molecular complexity index is 938. The van der Waals surface area contributed by atoms with E-state index >= 15 is 0 Å². The molecule has 6 nitrogen and oxygen atoms in total. The molecule has 0 aliphatic carbocycles. The highest BCUT2D eigenvalue weighted by Gasteiger charge is 2.40. The molecule has 2 aromatic rings. The minimum atomic E-state index is -1.28. The summed E-state index contributed by atoms with van der Waals surface area (Å²) in [5, 5.41) is 5.91. The molecule has 146 valence electrons. The van der Waals surface area contributed by atoms with Gasteiger partial charge in [-0.25, -0.2) is 0 Å². The molecule has 1 atom stereocenters. The molecule has 0 fully saturated rings. The van der Waals surface area contributed by atoms with Crippen LogP contribution in [0, 0.1) is 13.8 Å². The SMILES string of the molecule is CCCN1C(=O)c2cc(Cl)ccc2NC(=O)C1C(=O)Nc1c(C)cccc1C. The topological polar surface area (TPSA) is 78.5 Å². The minimum Gasteiger partial charge on any atom is -0.323 e. The molecule has 1 heterocycles. The molecule has 1 aliphatic heterocycles. The summed E-state index contributed by atoms with van der Waals surface area (Å²) < 4.78 is 0. The van der Waals surface area contributed by atoms with Gasteiger partial charge in [-0.1, -0.05) is 36.7 Å². The normalized spacial score (nSPS) is 16.3. The third-order valence-corrected chi connectivity index (χ3v) is 4.97. The fourth-order valence-corrected chi connectivity index (χ4v) is 3.52. The van der Waals surface area contributed by atoms with Crippen molar-refractivity contribution in [3.8, 4) is 0 Å². The number of carbonyl (C=O) groups excluding carboxylic acids is 3. The lowest BCUT2D eigenvalue weighted by molar-refractivity contribution is -0.130. The van der Waals surface area contributed by atoms with Crippen molar-refractivity contribution in [2.75, 3.05) is 17.2 Å². The van der Waals surface area contributed by atoms with Crippen LogP contribution in [0.5, 0.6) is 0 Å². The van der Waals surface area contributed by atoms with Crippen LogP contribution in [0.3, 0.4) is 0 Å². The molecule has 7 heteroatoms. The number of nitrogens with zero attached hydrogens (tertiary/aromatic N) is 1. The summed E-state index contributed by atoms with van der Waals surface area (Å²) in [7, 11) is 0. The van der Waals surface area contributed by atoms with Crippen LogP contribution >= 0.6 is 11.6 Å². The van der Waals surface area contributed by atoms with Gasteiger partial charge in [-0.05, 0) is 49.6 Å². The monoisotopic (exact) mass is 399 g/mol. The van der Waals surface area contributed by atoms with E-state index in [1.807, 2.05) is 39.0 Å². The number of nitrogens with one attached hydrogen (secondary N) is 2. The highest BCUT2D eigenvalue weighted by Crippen LogP contribution is 2.27. The number of hydrogen-bond acceptors (Lipinski definition) is 3. The minimum absolute atomic E-state index is 0.267. The van der Waals surface area contributed by atoms with Gasteiger partial charge in [0.15, 0.2) is 6.04 Å². The van der Waals surface area contributed by atoms with E-state index in [9.17, 15) is 14.4 Å². The van der Waals surface area contributed by atoms with Gasteiger partial charge in [0.1, 0.15) is 0 Å². The van der Waals surface area contributed by atoms with Gasteiger partial charge in [0.2, 0.25) is 0 Å². The predicted octanol–water partition coefficient (Wildman–Crippen LogP) is 3.77. The van der Waals surface area contributed by atoms with E-state index in [2.05, 4.69) is 10.6 Å². The third-order valence-electron chi connectivity index (χ3n) is 4.73. The van der Waals surface area contributed by atoms with Crippen LogP contribution in [-0.2, 0) is 9.59 Å². The van der Waals surface area contributed by atoms with Crippen LogP contribution in [0.2, 0.25) is 5.02 Å². The first-order chi connectivity index (χ1) is 13.3. The molecule has 3 amide bonds. The first kappa shape index (κ1) is 19.9. The number of carbonyl (C=O) groups is 3. The van der Waals surface area contributed by atoms with Gasteiger partial charge in [-0.15, -0.1) is 0 Å². The number of fused-ring (bicyclic) bond motifs is 1. The van der Waals surface area contributed by atoms with Gasteiger partial charge in [0.25, 0.3) is 17.7 Å². The smallest absolute Gasteiger partial charge is 0.257 e. The lowest BCUT2D eigenvalue weighted by Crippen LogP contribution is -2.52. The zero-order valence-corrected chi connectivity index (χ0v) is 16.8. The Hall–Kier alpha value is -2.86. The van der Waals surface area contributed by atoms with E-state index in [0.717, 1.165) is 11.1 Å². The van der Waals surface area contributed by atoms with E-state index in [1.54, 1.807) is 12.1 Å². The van der Waals surface area contributed by atoms with Gasteiger partial charge in [-0.2, -0.15) is 0 Å². The molecular formula is C21H22ClN3O3. The molecule has 28 heavy (non-hydrogen) atoms. The zero-order valence-electron chi connectivity index (χ0n) is 16.0. The highest BCUT2D eigenvalue weighted by atomic mass is 35.5. The number of hydrogen-bond donors (Lipinski definition) is 2. The van der Waals surface area contributed by atoms with Crippen LogP contribution in [-0.4, -0.2) is 35.2 Å². The Balaban J connectivity index is 2.00. The number of halogens is 1. The average molecular weight is 400 g/mol. The molecule has 1 unspecified atom stereocenters. The largest absolute Gasteiger partial charge is 0.323 e. The molecule has 0 bridgehead atoms. The maximum atomic E-state index is 13.1. The summed E-state index contributed by atoms with van der Waals surface area (Å²) >= 11 is 6.03. The van der Waals surface area contributed by atoms with E-state index in [1.165, 1.54) is 11.0 Å².